The molecule has 18 heavy (non-hydrogen) atoms. The Bertz CT molecular complexity index is 371. The molecule has 1 aliphatic heterocycles. The van der Waals surface area contributed by atoms with Crippen LogP contribution < -0.4 is 5.32 Å². The van der Waals surface area contributed by atoms with E-state index in [1.807, 2.05) is 0 Å². The Labute approximate surface area is 110 Å². The Balaban J connectivity index is 1.77. The number of anilines is 1. The maximum absolute atomic E-state index is 5.74. The average Bonchev–Trinajstić information content (AvgIpc) is 2.30. The molecular weight excluding hydrogens is 224 g/mol. The monoisotopic (exact) mass is 248 g/mol. The van der Waals surface area contributed by atoms with Crippen LogP contribution in [0.15, 0.2) is 24.3 Å². The van der Waals surface area contributed by atoms with Crippen molar-refractivity contribution in [3.63, 3.8) is 0 Å². The molecule has 1 aliphatic rings. The second-order valence-corrected chi connectivity index (χ2v) is 5.26. The number of ether oxygens (including phenoxy) is 1. The van der Waals surface area contributed by atoms with Gasteiger partial charge >= 0.3 is 0 Å². The molecule has 2 rings (SSSR count). The fourth-order valence-electron chi connectivity index (χ4n) is 2.59. The first-order valence-electron chi connectivity index (χ1n) is 6.82. The molecule has 3 heteroatoms. The maximum atomic E-state index is 5.74. The first-order valence-corrected chi connectivity index (χ1v) is 6.82. The lowest BCUT2D eigenvalue weighted by molar-refractivity contribution is -0.0667. The fourth-order valence-corrected chi connectivity index (χ4v) is 2.59. The van der Waals surface area contributed by atoms with Crippen LogP contribution in [0.4, 0.5) is 5.69 Å². The van der Waals surface area contributed by atoms with E-state index in [-0.39, 0.29) is 0 Å². The summed E-state index contributed by atoms with van der Waals surface area (Å²) in [7, 11) is 0. The summed E-state index contributed by atoms with van der Waals surface area (Å²) in [6, 6.07) is 8.43. The molecule has 0 unspecified atom stereocenters. The van der Waals surface area contributed by atoms with Gasteiger partial charge in [0.1, 0.15) is 0 Å². The number of para-hydroxylation sites is 1. The van der Waals surface area contributed by atoms with Gasteiger partial charge in [0.05, 0.1) is 12.2 Å². The van der Waals surface area contributed by atoms with E-state index in [4.69, 9.17) is 4.74 Å². The molecular formula is C15H24N2O. The van der Waals surface area contributed by atoms with E-state index in [1.165, 1.54) is 11.3 Å². The van der Waals surface area contributed by atoms with Gasteiger partial charge in [0.2, 0.25) is 0 Å². The highest BCUT2D eigenvalue weighted by Gasteiger charge is 2.21. The van der Waals surface area contributed by atoms with Crippen LogP contribution in [0, 0.1) is 6.92 Å². The lowest BCUT2D eigenvalue weighted by atomic mass is 10.2. The van der Waals surface area contributed by atoms with E-state index in [0.29, 0.717) is 12.2 Å². The predicted molar refractivity (Wildman–Crippen MR) is 76.1 cm³/mol. The molecule has 0 spiro atoms. The summed E-state index contributed by atoms with van der Waals surface area (Å²) in [5.41, 5.74) is 2.55. The minimum Gasteiger partial charge on any atom is -0.384 e. The topological polar surface area (TPSA) is 24.5 Å². The molecule has 100 valence electrons. The van der Waals surface area contributed by atoms with E-state index in [0.717, 1.165) is 26.2 Å². The quantitative estimate of drug-likeness (QED) is 0.886. The van der Waals surface area contributed by atoms with Crippen molar-refractivity contribution < 1.29 is 4.74 Å². The molecule has 0 aromatic heterocycles. The number of rotatable bonds is 4. The molecule has 1 aromatic rings. The molecule has 0 bridgehead atoms. The van der Waals surface area contributed by atoms with Crippen molar-refractivity contribution in [1.29, 1.82) is 0 Å². The first-order chi connectivity index (χ1) is 8.65. The van der Waals surface area contributed by atoms with Gasteiger partial charge < -0.3 is 10.1 Å². The highest BCUT2D eigenvalue weighted by molar-refractivity contribution is 5.50. The lowest BCUT2D eigenvalue weighted by Crippen LogP contribution is -2.46. The minimum atomic E-state index is 0.354. The number of nitrogens with zero attached hydrogens (tertiary/aromatic N) is 1. The average molecular weight is 248 g/mol. The normalized spacial score (nSPS) is 25.1. The van der Waals surface area contributed by atoms with Crippen molar-refractivity contribution in [2.75, 3.05) is 31.5 Å². The molecule has 1 aromatic carbocycles. The molecule has 1 saturated heterocycles. The van der Waals surface area contributed by atoms with Gasteiger partial charge in [-0.3, -0.25) is 4.90 Å². The van der Waals surface area contributed by atoms with Gasteiger partial charge in [-0.2, -0.15) is 0 Å². The number of aryl methyl sites for hydroxylation is 1. The smallest absolute Gasteiger partial charge is 0.0678 e. The Morgan fingerprint density at radius 1 is 1.22 bits per heavy atom. The second-order valence-electron chi connectivity index (χ2n) is 5.26. The van der Waals surface area contributed by atoms with Crippen molar-refractivity contribution in [3.8, 4) is 0 Å². The van der Waals surface area contributed by atoms with Crippen molar-refractivity contribution in [2.24, 2.45) is 0 Å². The zero-order chi connectivity index (χ0) is 13.0. The fraction of sp³-hybridized carbons (Fsp3) is 0.600. The van der Waals surface area contributed by atoms with Gasteiger partial charge in [-0.05, 0) is 32.4 Å². The highest BCUT2D eigenvalue weighted by atomic mass is 16.5. The molecule has 0 aliphatic carbocycles. The molecule has 1 heterocycles. The number of hydrogen-bond acceptors (Lipinski definition) is 3. The third-order valence-corrected chi connectivity index (χ3v) is 3.38. The third-order valence-electron chi connectivity index (χ3n) is 3.38. The molecule has 0 amide bonds. The molecule has 0 radical (unpaired) electrons. The van der Waals surface area contributed by atoms with Gasteiger partial charge in [-0.25, -0.2) is 0 Å². The second kappa shape index (κ2) is 6.21. The Hall–Kier alpha value is -1.06. The predicted octanol–water partition coefficient (Wildman–Crippen LogP) is 2.52. The first kappa shape index (κ1) is 13.4. The van der Waals surface area contributed by atoms with Gasteiger partial charge in [0.15, 0.2) is 0 Å². The van der Waals surface area contributed by atoms with Crippen LogP contribution in [0.25, 0.3) is 0 Å². The summed E-state index contributed by atoms with van der Waals surface area (Å²) in [5.74, 6) is 0. The van der Waals surface area contributed by atoms with Crippen molar-refractivity contribution >= 4 is 5.69 Å². The Morgan fingerprint density at radius 2 is 1.89 bits per heavy atom. The van der Waals surface area contributed by atoms with Crippen LogP contribution >= 0.6 is 0 Å². The summed E-state index contributed by atoms with van der Waals surface area (Å²) in [5, 5.41) is 3.51. The summed E-state index contributed by atoms with van der Waals surface area (Å²) in [6.45, 7) is 10.6. The SMILES string of the molecule is Cc1ccccc1NCCN1C[C@@H](C)O[C@@H](C)C1. The van der Waals surface area contributed by atoms with Crippen LogP contribution in [-0.2, 0) is 4.74 Å². The molecule has 0 saturated carbocycles. The van der Waals surface area contributed by atoms with E-state index in [2.05, 4.69) is 55.3 Å². The van der Waals surface area contributed by atoms with Crippen molar-refractivity contribution in [1.82, 2.24) is 4.90 Å². The Kier molecular flexibility index (Phi) is 4.61. The van der Waals surface area contributed by atoms with E-state index < -0.39 is 0 Å². The third kappa shape index (κ3) is 3.72. The standard InChI is InChI=1S/C15H24N2O/c1-12-6-4-5-7-15(12)16-8-9-17-10-13(2)18-14(3)11-17/h4-7,13-14,16H,8-11H2,1-3H3/t13-,14+. The molecule has 1 N–H and O–H groups in total. The van der Waals surface area contributed by atoms with Gasteiger partial charge in [0, 0.05) is 31.9 Å². The molecule has 1 fully saturated rings. The molecule has 3 nitrogen and oxygen atoms in total. The van der Waals surface area contributed by atoms with Gasteiger partial charge in [0.25, 0.3) is 0 Å². The lowest BCUT2D eigenvalue weighted by Gasteiger charge is -2.35. The Morgan fingerprint density at radius 3 is 2.56 bits per heavy atom. The number of morpholine rings is 1. The van der Waals surface area contributed by atoms with E-state index in [1.54, 1.807) is 0 Å². The van der Waals surface area contributed by atoms with Gasteiger partial charge in [-0.1, -0.05) is 18.2 Å². The van der Waals surface area contributed by atoms with Crippen molar-refractivity contribution in [2.45, 2.75) is 33.0 Å². The number of benzene rings is 1. The maximum Gasteiger partial charge on any atom is 0.0678 e. The summed E-state index contributed by atoms with van der Waals surface area (Å²) in [4.78, 5) is 2.48. The zero-order valence-electron chi connectivity index (χ0n) is 11.6. The van der Waals surface area contributed by atoms with Crippen molar-refractivity contribution in [3.05, 3.63) is 29.8 Å². The largest absolute Gasteiger partial charge is 0.384 e. The zero-order valence-corrected chi connectivity index (χ0v) is 11.6. The van der Waals surface area contributed by atoms with Crippen LogP contribution in [0.5, 0.6) is 0 Å². The van der Waals surface area contributed by atoms with Crippen LogP contribution in [0.3, 0.4) is 0 Å². The van der Waals surface area contributed by atoms with E-state index in [9.17, 15) is 0 Å². The van der Waals surface area contributed by atoms with Gasteiger partial charge in [-0.15, -0.1) is 0 Å². The number of nitrogens with one attached hydrogen (secondary N) is 1. The highest BCUT2D eigenvalue weighted by Crippen LogP contribution is 2.13. The number of hydrogen-bond donors (Lipinski definition) is 1. The van der Waals surface area contributed by atoms with E-state index >= 15 is 0 Å². The van der Waals surface area contributed by atoms with Crippen LogP contribution in [0.2, 0.25) is 0 Å². The summed E-state index contributed by atoms with van der Waals surface area (Å²) < 4.78 is 5.74. The summed E-state index contributed by atoms with van der Waals surface area (Å²) in [6.07, 6.45) is 0.708. The minimum absolute atomic E-state index is 0.354. The van der Waals surface area contributed by atoms with Crippen LogP contribution in [-0.4, -0.2) is 43.3 Å². The van der Waals surface area contributed by atoms with Crippen LogP contribution in [0.1, 0.15) is 19.4 Å². The molecule has 2 atom stereocenters. The summed E-state index contributed by atoms with van der Waals surface area (Å²) >= 11 is 0.